The molecule has 6 heteroatoms. The van der Waals surface area contributed by atoms with E-state index in [1.165, 1.54) is 0 Å². The summed E-state index contributed by atoms with van der Waals surface area (Å²) in [6.07, 6.45) is -1.58. The first-order chi connectivity index (χ1) is 12.4. The molecule has 0 radical (unpaired) electrons. The van der Waals surface area contributed by atoms with Crippen LogP contribution in [0.4, 0.5) is 0 Å². The highest BCUT2D eigenvalue weighted by atomic mass is 28.4. The maximum Gasteiger partial charge on any atom is 0.192 e. The second kappa shape index (κ2) is 8.21. The Bertz CT molecular complexity index is 606. The summed E-state index contributed by atoms with van der Waals surface area (Å²) in [5.41, 5.74) is 0.605. The molecule has 0 spiro atoms. The minimum absolute atomic E-state index is 0.102. The van der Waals surface area contributed by atoms with Crippen LogP contribution in [-0.2, 0) is 13.9 Å². The third-order valence-corrected chi connectivity index (χ3v) is 10.3. The number of hydrogen-bond acceptors (Lipinski definition) is 5. The molecule has 0 bridgehead atoms. The zero-order chi connectivity index (χ0) is 20.5. The van der Waals surface area contributed by atoms with Gasteiger partial charge in [-0.15, -0.1) is 0 Å². The fourth-order valence-corrected chi connectivity index (χ4v) is 3.89. The first kappa shape index (κ1) is 22.4. The molecular weight excluding hydrogens is 360 g/mol. The van der Waals surface area contributed by atoms with Gasteiger partial charge in [-0.05, 0) is 30.3 Å². The Morgan fingerprint density at radius 3 is 2.33 bits per heavy atom. The molecule has 0 unspecified atom stereocenters. The first-order valence-electron chi connectivity index (χ1n) is 9.60. The average molecular weight is 397 g/mol. The Labute approximate surface area is 165 Å². The van der Waals surface area contributed by atoms with Gasteiger partial charge in [0.1, 0.15) is 11.9 Å². The van der Waals surface area contributed by atoms with E-state index >= 15 is 0 Å². The summed E-state index contributed by atoms with van der Waals surface area (Å²) in [5, 5.41) is 11.0. The van der Waals surface area contributed by atoms with Crippen LogP contribution in [0.3, 0.4) is 0 Å². The van der Waals surface area contributed by atoms with Gasteiger partial charge in [0.25, 0.3) is 0 Å². The van der Waals surface area contributed by atoms with Crippen molar-refractivity contribution in [1.82, 2.24) is 0 Å². The molecule has 0 amide bonds. The number of benzene rings is 1. The number of hydrogen-bond donors (Lipinski definition) is 1. The Morgan fingerprint density at radius 1 is 1.22 bits per heavy atom. The van der Waals surface area contributed by atoms with Crippen molar-refractivity contribution in [3.8, 4) is 5.75 Å². The zero-order valence-electron chi connectivity index (χ0n) is 18.0. The largest absolute Gasteiger partial charge is 0.497 e. The normalized spacial score (nSPS) is 24.5. The SMILES string of the molecule is COc1ccc([C@@H]2OCC(C)(C)[C@H]([C@@H](O)CO[Si](C)(C)C(C)(C)C)O2)cc1. The summed E-state index contributed by atoms with van der Waals surface area (Å²) >= 11 is 0. The van der Waals surface area contributed by atoms with Crippen LogP contribution in [0.2, 0.25) is 18.1 Å². The van der Waals surface area contributed by atoms with Gasteiger partial charge in [-0.1, -0.05) is 46.8 Å². The predicted molar refractivity (Wildman–Crippen MR) is 109 cm³/mol. The molecule has 1 aromatic carbocycles. The van der Waals surface area contributed by atoms with E-state index in [2.05, 4.69) is 47.7 Å². The van der Waals surface area contributed by atoms with Crippen molar-refractivity contribution in [2.45, 2.75) is 71.2 Å². The van der Waals surface area contributed by atoms with Crippen LogP contribution >= 0.6 is 0 Å². The highest BCUT2D eigenvalue weighted by Gasteiger charge is 2.44. The van der Waals surface area contributed by atoms with Crippen LogP contribution in [0.25, 0.3) is 0 Å². The van der Waals surface area contributed by atoms with Crippen molar-refractivity contribution < 1.29 is 23.7 Å². The van der Waals surface area contributed by atoms with E-state index in [-0.39, 0.29) is 23.2 Å². The Morgan fingerprint density at radius 2 is 1.81 bits per heavy atom. The summed E-state index contributed by atoms with van der Waals surface area (Å²) in [6, 6.07) is 7.62. The lowest BCUT2D eigenvalue weighted by Gasteiger charge is -2.45. The van der Waals surface area contributed by atoms with Crippen molar-refractivity contribution in [3.63, 3.8) is 0 Å². The molecule has 2 rings (SSSR count). The van der Waals surface area contributed by atoms with E-state index in [4.69, 9.17) is 18.6 Å². The lowest BCUT2D eigenvalue weighted by atomic mass is 9.83. The van der Waals surface area contributed by atoms with Gasteiger partial charge >= 0.3 is 0 Å². The molecule has 1 saturated heterocycles. The highest BCUT2D eigenvalue weighted by molar-refractivity contribution is 6.74. The topological polar surface area (TPSA) is 57.2 Å². The molecule has 0 saturated carbocycles. The maximum atomic E-state index is 10.9. The molecule has 1 heterocycles. The zero-order valence-corrected chi connectivity index (χ0v) is 19.0. The fraction of sp³-hybridized carbons (Fsp3) is 0.714. The molecule has 1 aliphatic rings. The van der Waals surface area contributed by atoms with Crippen LogP contribution < -0.4 is 4.74 Å². The van der Waals surface area contributed by atoms with Crippen molar-refractivity contribution in [2.75, 3.05) is 20.3 Å². The quantitative estimate of drug-likeness (QED) is 0.717. The van der Waals surface area contributed by atoms with Gasteiger partial charge in [-0.25, -0.2) is 0 Å². The Kier molecular flexibility index (Phi) is 6.80. The summed E-state index contributed by atoms with van der Waals surface area (Å²) in [5.74, 6) is 0.786. The van der Waals surface area contributed by atoms with Crippen LogP contribution in [0.1, 0.15) is 46.5 Å². The van der Waals surface area contributed by atoms with Crippen LogP contribution in [-0.4, -0.2) is 46.0 Å². The van der Waals surface area contributed by atoms with Gasteiger partial charge in [0.2, 0.25) is 0 Å². The van der Waals surface area contributed by atoms with E-state index in [0.717, 1.165) is 11.3 Å². The van der Waals surface area contributed by atoms with Crippen LogP contribution in [0.5, 0.6) is 5.75 Å². The van der Waals surface area contributed by atoms with E-state index in [1.807, 2.05) is 24.3 Å². The lowest BCUT2D eigenvalue weighted by Crippen LogP contribution is -2.52. The molecule has 1 fully saturated rings. The van der Waals surface area contributed by atoms with Crippen molar-refractivity contribution in [2.24, 2.45) is 5.41 Å². The number of aliphatic hydroxyl groups is 1. The third-order valence-electron chi connectivity index (χ3n) is 5.81. The summed E-state index contributed by atoms with van der Waals surface area (Å²) in [6.45, 7) is 15.9. The van der Waals surface area contributed by atoms with Crippen LogP contribution in [0.15, 0.2) is 24.3 Å². The van der Waals surface area contributed by atoms with Gasteiger partial charge in [-0.2, -0.15) is 0 Å². The summed E-state index contributed by atoms with van der Waals surface area (Å²) in [4.78, 5) is 0. The van der Waals surface area contributed by atoms with Gasteiger partial charge < -0.3 is 23.7 Å². The average Bonchev–Trinajstić information content (AvgIpc) is 2.59. The van der Waals surface area contributed by atoms with E-state index in [1.54, 1.807) is 7.11 Å². The van der Waals surface area contributed by atoms with Crippen molar-refractivity contribution >= 4 is 8.32 Å². The molecule has 154 valence electrons. The van der Waals surface area contributed by atoms with E-state index in [0.29, 0.717) is 6.61 Å². The minimum Gasteiger partial charge on any atom is -0.497 e. The monoisotopic (exact) mass is 396 g/mol. The number of aliphatic hydroxyl groups excluding tert-OH is 1. The first-order valence-corrected chi connectivity index (χ1v) is 12.5. The van der Waals surface area contributed by atoms with Gasteiger partial charge in [-0.3, -0.25) is 0 Å². The smallest absolute Gasteiger partial charge is 0.192 e. The molecule has 1 N–H and O–H groups in total. The highest BCUT2D eigenvalue weighted by Crippen LogP contribution is 2.40. The molecule has 1 aliphatic heterocycles. The van der Waals surface area contributed by atoms with Gasteiger partial charge in [0.05, 0.1) is 26.4 Å². The van der Waals surface area contributed by atoms with Crippen LogP contribution in [0, 0.1) is 5.41 Å². The van der Waals surface area contributed by atoms with Crippen molar-refractivity contribution in [1.29, 1.82) is 0 Å². The van der Waals surface area contributed by atoms with Gasteiger partial charge in [0.15, 0.2) is 14.6 Å². The molecule has 5 nitrogen and oxygen atoms in total. The van der Waals surface area contributed by atoms with Gasteiger partial charge in [0, 0.05) is 11.0 Å². The summed E-state index contributed by atoms with van der Waals surface area (Å²) < 4.78 is 23.6. The molecule has 0 aliphatic carbocycles. The number of ether oxygens (including phenoxy) is 3. The van der Waals surface area contributed by atoms with Crippen molar-refractivity contribution in [3.05, 3.63) is 29.8 Å². The predicted octanol–water partition coefficient (Wildman–Crippen LogP) is 4.52. The molecular formula is C21H36O5Si. The second-order valence-electron chi connectivity index (χ2n) is 9.60. The Balaban J connectivity index is 2.08. The van der Waals surface area contributed by atoms with E-state index in [9.17, 15) is 5.11 Å². The van der Waals surface area contributed by atoms with E-state index < -0.39 is 20.7 Å². The second-order valence-corrected chi connectivity index (χ2v) is 14.4. The lowest BCUT2D eigenvalue weighted by molar-refractivity contribution is -0.286. The molecule has 27 heavy (non-hydrogen) atoms. The molecule has 1 aromatic rings. The summed E-state index contributed by atoms with van der Waals surface area (Å²) in [7, 11) is -0.291. The third kappa shape index (κ3) is 5.33. The molecule has 0 aromatic heterocycles. The number of methoxy groups -OCH3 is 1. The minimum atomic E-state index is -1.93. The Hall–Kier alpha value is -0.923. The maximum absolute atomic E-state index is 10.9. The number of rotatable bonds is 6. The molecule has 3 atom stereocenters. The standard InChI is InChI=1S/C21H36O5Si/c1-20(2,3)27(7,8)25-13-17(22)18-21(4,5)14-24-19(26-18)15-9-11-16(23-6)12-10-15/h9-12,17-19,22H,13-14H2,1-8H3/t17-,18-,19+/m0/s1. The fourth-order valence-electron chi connectivity index (χ4n) is 2.87.